The van der Waals surface area contributed by atoms with Crippen LogP contribution in [0.15, 0.2) is 66.7 Å². The highest BCUT2D eigenvalue weighted by atomic mass is 19.1. The first kappa shape index (κ1) is 26.5. The summed E-state index contributed by atoms with van der Waals surface area (Å²) in [7, 11) is 3.32. The summed E-state index contributed by atoms with van der Waals surface area (Å²) in [5.74, 6) is -3.96. The summed E-state index contributed by atoms with van der Waals surface area (Å²) in [6, 6.07) is 16.6. The minimum atomic E-state index is -1.04. The van der Waals surface area contributed by atoms with E-state index in [0.29, 0.717) is 11.1 Å². The predicted molar refractivity (Wildman–Crippen MR) is 134 cm³/mol. The number of amides is 2. The third kappa shape index (κ3) is 6.33. The number of esters is 1. The van der Waals surface area contributed by atoms with Gasteiger partial charge < -0.3 is 9.64 Å². The van der Waals surface area contributed by atoms with Gasteiger partial charge in [-0.15, -0.1) is 0 Å². The normalized spacial score (nSPS) is 11.1. The van der Waals surface area contributed by atoms with Gasteiger partial charge >= 0.3 is 5.97 Å². The van der Waals surface area contributed by atoms with Gasteiger partial charge in [0.05, 0.1) is 0 Å². The van der Waals surface area contributed by atoms with Gasteiger partial charge in [-0.05, 0) is 68.3 Å². The standard InChI is InChI=1S/C28H28F2N2O4/c1-28(2,3)36-24(33)17-32(27(35)25-22(29)10-7-11-23(25)30)21-9-6-8-20(16-21)18-12-14-19(15-13-18)26(34)31(4)5/h6-16H,17H2,1-5H3. The topological polar surface area (TPSA) is 66.9 Å². The molecule has 0 N–H and O–H groups in total. The number of nitrogens with zero attached hydrogens (tertiary/aromatic N) is 2. The Labute approximate surface area is 209 Å². The Bertz CT molecular complexity index is 1260. The number of rotatable bonds is 6. The molecule has 0 aromatic heterocycles. The zero-order chi connectivity index (χ0) is 26.6. The number of carbonyl (C=O) groups excluding carboxylic acids is 3. The van der Waals surface area contributed by atoms with Crippen molar-refractivity contribution in [1.29, 1.82) is 0 Å². The van der Waals surface area contributed by atoms with Crippen LogP contribution in [-0.4, -0.2) is 48.9 Å². The van der Waals surface area contributed by atoms with E-state index < -0.39 is 41.2 Å². The molecule has 0 aliphatic carbocycles. The van der Waals surface area contributed by atoms with E-state index in [1.165, 1.54) is 4.90 Å². The van der Waals surface area contributed by atoms with Gasteiger partial charge in [0.2, 0.25) is 0 Å². The summed E-state index contributed by atoms with van der Waals surface area (Å²) in [4.78, 5) is 40.6. The molecular formula is C28H28F2N2O4. The van der Waals surface area contributed by atoms with Crippen LogP contribution in [0.2, 0.25) is 0 Å². The van der Waals surface area contributed by atoms with Crippen LogP contribution in [0.4, 0.5) is 14.5 Å². The fraction of sp³-hybridized carbons (Fsp3) is 0.250. The van der Waals surface area contributed by atoms with Crippen LogP contribution in [-0.2, 0) is 9.53 Å². The van der Waals surface area contributed by atoms with Gasteiger partial charge in [0.25, 0.3) is 11.8 Å². The van der Waals surface area contributed by atoms with Crippen molar-refractivity contribution < 1.29 is 27.9 Å². The summed E-state index contributed by atoms with van der Waals surface area (Å²) in [6.07, 6.45) is 0. The lowest BCUT2D eigenvalue weighted by molar-refractivity contribution is -0.152. The van der Waals surface area contributed by atoms with E-state index in [1.807, 2.05) is 0 Å². The molecule has 8 heteroatoms. The molecular weight excluding hydrogens is 466 g/mol. The highest BCUT2D eigenvalue weighted by Crippen LogP contribution is 2.28. The van der Waals surface area contributed by atoms with Crippen molar-refractivity contribution in [3.05, 3.63) is 89.5 Å². The number of halogens is 2. The number of hydrogen-bond acceptors (Lipinski definition) is 4. The maximum absolute atomic E-state index is 14.5. The maximum atomic E-state index is 14.5. The van der Waals surface area contributed by atoms with Gasteiger partial charge in [-0.1, -0.05) is 30.3 Å². The number of ether oxygens (including phenoxy) is 1. The summed E-state index contributed by atoms with van der Waals surface area (Å²) < 4.78 is 34.3. The van der Waals surface area contributed by atoms with E-state index in [0.717, 1.165) is 28.7 Å². The third-order valence-corrected chi connectivity index (χ3v) is 5.16. The Morgan fingerprint density at radius 1 is 0.806 bits per heavy atom. The van der Waals surface area contributed by atoms with E-state index in [2.05, 4.69) is 0 Å². The minimum absolute atomic E-state index is 0.142. The van der Waals surface area contributed by atoms with Crippen LogP contribution < -0.4 is 4.90 Å². The molecule has 0 aliphatic heterocycles. The molecule has 0 aliphatic rings. The first-order valence-electron chi connectivity index (χ1n) is 11.3. The minimum Gasteiger partial charge on any atom is -0.459 e. The molecule has 0 unspecified atom stereocenters. The lowest BCUT2D eigenvalue weighted by Crippen LogP contribution is -2.39. The van der Waals surface area contributed by atoms with E-state index in [-0.39, 0.29) is 11.6 Å². The van der Waals surface area contributed by atoms with Crippen LogP contribution in [0.5, 0.6) is 0 Å². The average Bonchev–Trinajstić information content (AvgIpc) is 2.81. The lowest BCUT2D eigenvalue weighted by atomic mass is 10.0. The van der Waals surface area contributed by atoms with Crippen LogP contribution in [0.3, 0.4) is 0 Å². The second kappa shape index (κ2) is 10.7. The smallest absolute Gasteiger partial charge is 0.326 e. The van der Waals surface area contributed by atoms with Crippen molar-refractivity contribution in [3.8, 4) is 11.1 Å². The molecule has 0 bridgehead atoms. The van der Waals surface area contributed by atoms with Crippen LogP contribution >= 0.6 is 0 Å². The second-order valence-corrected chi connectivity index (χ2v) is 9.40. The Hall–Kier alpha value is -4.07. The van der Waals surface area contributed by atoms with Gasteiger partial charge in [0.15, 0.2) is 0 Å². The molecule has 188 valence electrons. The number of anilines is 1. The molecule has 2 amide bonds. The van der Waals surface area contributed by atoms with E-state index in [4.69, 9.17) is 4.74 Å². The zero-order valence-electron chi connectivity index (χ0n) is 20.8. The molecule has 0 atom stereocenters. The first-order valence-corrected chi connectivity index (χ1v) is 11.3. The van der Waals surface area contributed by atoms with Crippen molar-refractivity contribution in [1.82, 2.24) is 4.90 Å². The summed E-state index contributed by atoms with van der Waals surface area (Å²) >= 11 is 0. The van der Waals surface area contributed by atoms with E-state index in [1.54, 1.807) is 83.4 Å². The number of carbonyl (C=O) groups is 3. The monoisotopic (exact) mass is 494 g/mol. The van der Waals surface area contributed by atoms with Crippen molar-refractivity contribution >= 4 is 23.5 Å². The summed E-state index contributed by atoms with van der Waals surface area (Å²) in [6.45, 7) is 4.49. The third-order valence-electron chi connectivity index (χ3n) is 5.16. The molecule has 0 heterocycles. The summed E-state index contributed by atoms with van der Waals surface area (Å²) in [5.41, 5.74) is 0.596. The molecule has 3 rings (SSSR count). The van der Waals surface area contributed by atoms with Gasteiger partial charge in [-0.25, -0.2) is 8.78 Å². The number of benzene rings is 3. The van der Waals surface area contributed by atoms with Gasteiger partial charge in [-0.3, -0.25) is 19.3 Å². The molecule has 3 aromatic rings. The fourth-order valence-electron chi connectivity index (χ4n) is 3.54. The van der Waals surface area contributed by atoms with Gasteiger partial charge in [0.1, 0.15) is 29.3 Å². The highest BCUT2D eigenvalue weighted by molar-refractivity contribution is 6.09. The van der Waals surface area contributed by atoms with Crippen LogP contribution in [0, 0.1) is 11.6 Å². The Morgan fingerprint density at radius 3 is 1.94 bits per heavy atom. The van der Waals surface area contributed by atoms with E-state index >= 15 is 0 Å². The molecule has 0 spiro atoms. The second-order valence-electron chi connectivity index (χ2n) is 9.40. The van der Waals surface area contributed by atoms with Crippen LogP contribution in [0.1, 0.15) is 41.5 Å². The Morgan fingerprint density at radius 2 is 1.39 bits per heavy atom. The highest BCUT2D eigenvalue weighted by Gasteiger charge is 2.28. The first-order chi connectivity index (χ1) is 16.9. The molecule has 36 heavy (non-hydrogen) atoms. The van der Waals surface area contributed by atoms with Crippen molar-refractivity contribution in [2.24, 2.45) is 0 Å². The number of hydrogen-bond donors (Lipinski definition) is 0. The van der Waals surface area contributed by atoms with Crippen LogP contribution in [0.25, 0.3) is 11.1 Å². The predicted octanol–water partition coefficient (Wildman–Crippen LogP) is 5.32. The molecule has 0 radical (unpaired) electrons. The van der Waals surface area contributed by atoms with Crippen molar-refractivity contribution in [2.45, 2.75) is 26.4 Å². The maximum Gasteiger partial charge on any atom is 0.326 e. The molecule has 0 saturated carbocycles. The average molecular weight is 495 g/mol. The zero-order valence-corrected chi connectivity index (χ0v) is 20.8. The van der Waals surface area contributed by atoms with Gasteiger partial charge in [-0.2, -0.15) is 0 Å². The SMILES string of the molecule is CN(C)C(=O)c1ccc(-c2cccc(N(CC(=O)OC(C)(C)C)C(=O)c3c(F)cccc3F)c2)cc1. The van der Waals surface area contributed by atoms with Gasteiger partial charge in [0, 0.05) is 25.3 Å². The molecule has 3 aromatic carbocycles. The van der Waals surface area contributed by atoms with Crippen molar-refractivity contribution in [2.75, 3.05) is 25.5 Å². The molecule has 6 nitrogen and oxygen atoms in total. The molecule has 0 fully saturated rings. The molecule has 0 saturated heterocycles. The lowest BCUT2D eigenvalue weighted by Gasteiger charge is -2.26. The Balaban J connectivity index is 2.02. The fourth-order valence-corrected chi connectivity index (χ4v) is 3.54. The van der Waals surface area contributed by atoms with Crippen molar-refractivity contribution in [3.63, 3.8) is 0 Å². The Kier molecular flexibility index (Phi) is 7.87. The quantitative estimate of drug-likeness (QED) is 0.435. The van der Waals surface area contributed by atoms with E-state index in [9.17, 15) is 23.2 Å². The summed E-state index contributed by atoms with van der Waals surface area (Å²) in [5, 5.41) is 0. The largest absolute Gasteiger partial charge is 0.459 e.